The SMILES string of the molecule is C[C@H]1CN(Cc2c(F)cc(F)cc2F)CCN1C(=O)c1ccc(N[SH](=O)=O)cc1Cl. The van der Waals surface area contributed by atoms with Gasteiger partial charge in [0, 0.05) is 55.6 Å². The van der Waals surface area contributed by atoms with E-state index in [9.17, 15) is 26.4 Å². The van der Waals surface area contributed by atoms with E-state index in [2.05, 4.69) is 4.72 Å². The van der Waals surface area contributed by atoms with Gasteiger partial charge in [-0.1, -0.05) is 11.6 Å². The number of nitrogens with one attached hydrogen (secondary N) is 1. The number of carbonyl (C=O) groups is 1. The minimum Gasteiger partial charge on any atom is -0.333 e. The first-order valence-corrected chi connectivity index (χ1v) is 10.6. The third kappa shape index (κ3) is 5.05. The lowest BCUT2D eigenvalue weighted by Gasteiger charge is -2.40. The van der Waals surface area contributed by atoms with Gasteiger partial charge in [-0.3, -0.25) is 14.4 Å². The second kappa shape index (κ2) is 9.23. The molecule has 2 aromatic rings. The Morgan fingerprint density at radius 2 is 1.83 bits per heavy atom. The van der Waals surface area contributed by atoms with Gasteiger partial charge in [0.1, 0.15) is 17.5 Å². The van der Waals surface area contributed by atoms with Crippen LogP contribution in [0, 0.1) is 17.5 Å². The highest BCUT2D eigenvalue weighted by atomic mass is 35.5. The number of carbonyl (C=O) groups excluding carboxylic acids is 1. The first-order valence-electron chi connectivity index (χ1n) is 9.03. The number of rotatable bonds is 5. The van der Waals surface area contributed by atoms with E-state index < -0.39 is 28.3 Å². The molecule has 0 aromatic heterocycles. The molecule has 1 saturated heterocycles. The summed E-state index contributed by atoms with van der Waals surface area (Å²) in [5, 5.41) is 0.104. The number of anilines is 1. The van der Waals surface area contributed by atoms with Gasteiger partial charge in [0.15, 0.2) is 0 Å². The minimum absolute atomic E-state index is 0.0428. The van der Waals surface area contributed by atoms with Crippen LogP contribution in [0.3, 0.4) is 0 Å². The molecular weight excluding hydrogens is 443 g/mol. The molecule has 1 N–H and O–H groups in total. The summed E-state index contributed by atoms with van der Waals surface area (Å²) in [5.74, 6) is -3.19. The van der Waals surface area contributed by atoms with Gasteiger partial charge >= 0.3 is 0 Å². The molecule has 0 spiro atoms. The Bertz CT molecular complexity index is 1020. The first-order chi connectivity index (χ1) is 14.2. The number of amides is 1. The van der Waals surface area contributed by atoms with Crippen molar-refractivity contribution in [3.05, 3.63) is 63.9 Å². The van der Waals surface area contributed by atoms with Crippen molar-refractivity contribution < 1.29 is 26.4 Å². The van der Waals surface area contributed by atoms with Crippen LogP contribution in [0.15, 0.2) is 30.3 Å². The third-order valence-electron chi connectivity index (χ3n) is 4.88. The van der Waals surface area contributed by atoms with Gasteiger partial charge in [0.05, 0.1) is 10.6 Å². The van der Waals surface area contributed by atoms with E-state index in [4.69, 9.17) is 11.6 Å². The van der Waals surface area contributed by atoms with Crippen molar-refractivity contribution in [1.29, 1.82) is 0 Å². The van der Waals surface area contributed by atoms with Crippen molar-refractivity contribution in [3.63, 3.8) is 0 Å². The van der Waals surface area contributed by atoms with Gasteiger partial charge in [-0.2, -0.15) is 0 Å². The van der Waals surface area contributed by atoms with Gasteiger partial charge in [-0.25, -0.2) is 21.6 Å². The molecule has 1 atom stereocenters. The molecule has 30 heavy (non-hydrogen) atoms. The van der Waals surface area contributed by atoms with Gasteiger partial charge in [0.2, 0.25) is 10.9 Å². The number of nitrogens with zero attached hydrogens (tertiary/aromatic N) is 2. The van der Waals surface area contributed by atoms with E-state index in [-0.39, 0.29) is 40.3 Å². The molecule has 162 valence electrons. The lowest BCUT2D eigenvalue weighted by atomic mass is 10.1. The summed E-state index contributed by atoms with van der Waals surface area (Å²) >= 11 is 6.15. The summed E-state index contributed by atoms with van der Waals surface area (Å²) in [5.41, 5.74) is 0.249. The highest BCUT2D eigenvalue weighted by Crippen LogP contribution is 2.25. The Labute approximate surface area is 178 Å². The van der Waals surface area contributed by atoms with Gasteiger partial charge < -0.3 is 4.90 Å². The number of hydrogen-bond donors (Lipinski definition) is 2. The molecule has 1 aliphatic rings. The van der Waals surface area contributed by atoms with E-state index in [1.54, 1.807) is 16.7 Å². The van der Waals surface area contributed by atoms with E-state index in [0.717, 1.165) is 0 Å². The van der Waals surface area contributed by atoms with Crippen LogP contribution in [0.2, 0.25) is 5.02 Å². The number of hydrogen-bond acceptors (Lipinski definition) is 4. The second-order valence-corrected chi connectivity index (χ2v) is 8.14. The Morgan fingerprint density at radius 1 is 1.17 bits per heavy atom. The molecule has 0 radical (unpaired) electrons. The molecule has 0 saturated carbocycles. The largest absolute Gasteiger partial charge is 0.333 e. The molecular formula is C19H19ClF3N3O3S. The highest BCUT2D eigenvalue weighted by Gasteiger charge is 2.30. The zero-order chi connectivity index (χ0) is 22.0. The molecule has 1 amide bonds. The zero-order valence-corrected chi connectivity index (χ0v) is 17.5. The van der Waals surface area contributed by atoms with E-state index in [1.165, 1.54) is 18.2 Å². The van der Waals surface area contributed by atoms with Crippen LogP contribution in [-0.4, -0.2) is 49.8 Å². The van der Waals surface area contributed by atoms with Crippen molar-refractivity contribution in [2.75, 3.05) is 24.4 Å². The predicted molar refractivity (Wildman–Crippen MR) is 107 cm³/mol. The number of piperazine rings is 1. The number of thiol groups is 1. The van der Waals surface area contributed by atoms with Crippen molar-refractivity contribution in [2.45, 2.75) is 19.5 Å². The van der Waals surface area contributed by atoms with E-state index in [1.807, 2.05) is 0 Å². The Balaban J connectivity index is 1.69. The number of benzene rings is 2. The molecule has 0 bridgehead atoms. The summed E-state index contributed by atoms with van der Waals surface area (Å²) in [4.78, 5) is 16.3. The average Bonchev–Trinajstić information content (AvgIpc) is 2.64. The molecule has 3 rings (SSSR count). The molecule has 1 heterocycles. The van der Waals surface area contributed by atoms with Crippen LogP contribution in [-0.2, 0) is 17.4 Å². The topological polar surface area (TPSA) is 69.7 Å². The molecule has 1 fully saturated rings. The lowest BCUT2D eigenvalue weighted by Crippen LogP contribution is -2.53. The van der Waals surface area contributed by atoms with Crippen molar-refractivity contribution >= 4 is 34.1 Å². The predicted octanol–water partition coefficient (Wildman–Crippen LogP) is 3.04. The maximum atomic E-state index is 13.9. The Morgan fingerprint density at radius 3 is 2.40 bits per heavy atom. The van der Waals surface area contributed by atoms with Crippen LogP contribution in [0.1, 0.15) is 22.8 Å². The monoisotopic (exact) mass is 461 g/mol. The second-order valence-electron chi connectivity index (χ2n) is 6.99. The highest BCUT2D eigenvalue weighted by molar-refractivity contribution is 7.73. The molecule has 0 unspecified atom stereocenters. The van der Waals surface area contributed by atoms with E-state index in [0.29, 0.717) is 31.8 Å². The van der Waals surface area contributed by atoms with Gasteiger partial charge in [-0.05, 0) is 25.1 Å². The lowest BCUT2D eigenvalue weighted by molar-refractivity contribution is 0.0471. The van der Waals surface area contributed by atoms with Crippen LogP contribution in [0.4, 0.5) is 18.9 Å². The molecule has 6 nitrogen and oxygen atoms in total. The summed E-state index contributed by atoms with van der Waals surface area (Å²) in [7, 11) is -2.85. The number of halogens is 4. The minimum atomic E-state index is -2.85. The zero-order valence-electron chi connectivity index (χ0n) is 15.9. The van der Waals surface area contributed by atoms with Crippen LogP contribution in [0.25, 0.3) is 0 Å². The summed E-state index contributed by atoms with van der Waals surface area (Å²) in [6, 6.07) is 5.24. The van der Waals surface area contributed by atoms with Crippen LogP contribution < -0.4 is 4.72 Å². The normalized spacial score (nSPS) is 17.4. The Hall–Kier alpha value is -2.30. The fourth-order valence-corrected chi connectivity index (χ4v) is 4.05. The fourth-order valence-electron chi connectivity index (χ4n) is 3.44. The van der Waals surface area contributed by atoms with Crippen molar-refractivity contribution in [3.8, 4) is 0 Å². The Kier molecular flexibility index (Phi) is 6.89. The van der Waals surface area contributed by atoms with Crippen LogP contribution >= 0.6 is 11.6 Å². The summed E-state index contributed by atoms with van der Waals surface area (Å²) in [6.07, 6.45) is 0. The summed E-state index contributed by atoms with van der Waals surface area (Å²) in [6.45, 7) is 2.77. The maximum Gasteiger partial charge on any atom is 0.255 e. The first kappa shape index (κ1) is 22.4. The van der Waals surface area contributed by atoms with Crippen molar-refractivity contribution in [1.82, 2.24) is 9.80 Å². The van der Waals surface area contributed by atoms with Crippen molar-refractivity contribution in [2.24, 2.45) is 0 Å². The van der Waals surface area contributed by atoms with Crippen LogP contribution in [0.5, 0.6) is 0 Å². The summed E-state index contributed by atoms with van der Waals surface area (Å²) < 4.78 is 64.6. The molecule has 11 heteroatoms. The van der Waals surface area contributed by atoms with Gasteiger partial charge in [0.25, 0.3) is 5.91 Å². The van der Waals surface area contributed by atoms with E-state index >= 15 is 0 Å². The smallest absolute Gasteiger partial charge is 0.255 e. The van der Waals surface area contributed by atoms with Gasteiger partial charge in [-0.15, -0.1) is 0 Å². The fraction of sp³-hybridized carbons (Fsp3) is 0.316. The maximum absolute atomic E-state index is 13.9. The molecule has 1 aliphatic heterocycles. The average molecular weight is 462 g/mol. The third-order valence-corrected chi connectivity index (χ3v) is 5.63. The molecule has 0 aliphatic carbocycles. The molecule has 2 aromatic carbocycles. The standard InChI is InChI=1S/C19H19ClF3N3O3S/c1-11-9-25(10-15-17(22)6-12(21)7-18(15)23)4-5-26(11)19(27)14-3-2-13(8-16(14)20)24-30(28)29/h2-3,6-8,11,30H,4-5,9-10H2,1H3,(H,24,28,29)/t11-/m0/s1. The quantitative estimate of drug-likeness (QED) is 0.672.